The third-order valence-electron chi connectivity index (χ3n) is 3.18. The van der Waals surface area contributed by atoms with Crippen LogP contribution in [0, 0.1) is 25.7 Å². The summed E-state index contributed by atoms with van der Waals surface area (Å²) in [6, 6.07) is 0. The van der Waals surface area contributed by atoms with Crippen LogP contribution in [0.25, 0.3) is 0 Å². The molecule has 0 bridgehead atoms. The van der Waals surface area contributed by atoms with Crippen molar-refractivity contribution in [2.75, 3.05) is 18.4 Å². The van der Waals surface area contributed by atoms with Gasteiger partial charge in [0.2, 0.25) is 11.9 Å². The molecule has 2 unspecified atom stereocenters. The van der Waals surface area contributed by atoms with Gasteiger partial charge in [0.05, 0.1) is 17.3 Å². The molecule has 6 nitrogen and oxygen atoms in total. The summed E-state index contributed by atoms with van der Waals surface area (Å²) in [6.07, 6.45) is 0. The van der Waals surface area contributed by atoms with Crippen molar-refractivity contribution in [3.8, 4) is 0 Å². The van der Waals surface area contributed by atoms with Gasteiger partial charge in [0.25, 0.3) is 0 Å². The first-order valence-electron chi connectivity index (χ1n) is 5.77. The van der Waals surface area contributed by atoms with Crippen LogP contribution in [0.15, 0.2) is 0 Å². The van der Waals surface area contributed by atoms with Crippen molar-refractivity contribution in [2.45, 2.75) is 20.8 Å². The highest BCUT2D eigenvalue weighted by molar-refractivity contribution is 5.91. The van der Waals surface area contributed by atoms with Crippen LogP contribution in [-0.2, 0) is 4.79 Å². The van der Waals surface area contributed by atoms with E-state index in [0.717, 1.165) is 17.9 Å². The Morgan fingerprint density at radius 2 is 2.06 bits per heavy atom. The summed E-state index contributed by atoms with van der Waals surface area (Å²) in [5, 5.41) is 13.7. The van der Waals surface area contributed by atoms with Gasteiger partial charge in [-0.25, -0.2) is 4.98 Å². The number of anilines is 1. The SMILES string of the molecule is Cc1nnc(NC(=O)C2CNCC2C)nc1C. The molecule has 0 aromatic carbocycles. The van der Waals surface area contributed by atoms with Gasteiger partial charge in [-0.15, -0.1) is 5.10 Å². The van der Waals surface area contributed by atoms with Crippen LogP contribution in [0.4, 0.5) is 5.95 Å². The van der Waals surface area contributed by atoms with Crippen molar-refractivity contribution in [1.82, 2.24) is 20.5 Å². The molecular formula is C11H17N5O. The first kappa shape index (κ1) is 11.9. The molecule has 2 rings (SSSR count). The Kier molecular flexibility index (Phi) is 3.33. The average Bonchev–Trinajstić information content (AvgIpc) is 2.70. The lowest BCUT2D eigenvalue weighted by Gasteiger charge is -2.13. The van der Waals surface area contributed by atoms with Gasteiger partial charge in [-0.05, 0) is 26.3 Å². The fraction of sp³-hybridized carbons (Fsp3) is 0.636. The third-order valence-corrected chi connectivity index (χ3v) is 3.18. The van der Waals surface area contributed by atoms with E-state index in [0.29, 0.717) is 12.5 Å². The molecule has 1 aliphatic rings. The second-order valence-electron chi connectivity index (χ2n) is 4.54. The van der Waals surface area contributed by atoms with E-state index in [1.165, 1.54) is 0 Å². The Morgan fingerprint density at radius 1 is 1.29 bits per heavy atom. The summed E-state index contributed by atoms with van der Waals surface area (Å²) in [6.45, 7) is 7.34. The van der Waals surface area contributed by atoms with Crippen molar-refractivity contribution in [1.29, 1.82) is 0 Å². The Balaban J connectivity index is 2.05. The number of nitrogens with zero attached hydrogens (tertiary/aromatic N) is 3. The van der Waals surface area contributed by atoms with Crippen molar-refractivity contribution in [2.24, 2.45) is 11.8 Å². The van der Waals surface area contributed by atoms with Crippen molar-refractivity contribution >= 4 is 11.9 Å². The number of hydrogen-bond donors (Lipinski definition) is 2. The number of rotatable bonds is 2. The predicted molar refractivity (Wildman–Crippen MR) is 63.5 cm³/mol. The van der Waals surface area contributed by atoms with Crippen molar-refractivity contribution in [3.63, 3.8) is 0 Å². The molecule has 1 saturated heterocycles. The number of aromatic nitrogens is 3. The monoisotopic (exact) mass is 235 g/mol. The fourth-order valence-electron chi connectivity index (χ4n) is 1.87. The number of aryl methyl sites for hydroxylation is 2. The molecule has 92 valence electrons. The van der Waals surface area contributed by atoms with E-state index in [1.807, 2.05) is 13.8 Å². The van der Waals surface area contributed by atoms with E-state index in [2.05, 4.69) is 32.7 Å². The number of carbonyl (C=O) groups is 1. The number of hydrogen-bond acceptors (Lipinski definition) is 5. The highest BCUT2D eigenvalue weighted by atomic mass is 16.2. The minimum absolute atomic E-state index is 0.0137. The highest BCUT2D eigenvalue weighted by Gasteiger charge is 2.29. The van der Waals surface area contributed by atoms with E-state index in [4.69, 9.17) is 0 Å². The molecule has 0 spiro atoms. The second kappa shape index (κ2) is 4.75. The molecule has 1 aliphatic heterocycles. The number of carbonyl (C=O) groups excluding carboxylic acids is 1. The summed E-state index contributed by atoms with van der Waals surface area (Å²) in [4.78, 5) is 16.1. The van der Waals surface area contributed by atoms with Crippen LogP contribution >= 0.6 is 0 Å². The first-order valence-corrected chi connectivity index (χ1v) is 5.77. The molecule has 1 aromatic heterocycles. The standard InChI is InChI=1S/C11H17N5O/c1-6-4-12-5-9(6)10(17)14-11-13-7(2)8(3)15-16-11/h6,9,12H,4-5H2,1-3H3,(H,13,14,16,17). The fourth-order valence-corrected chi connectivity index (χ4v) is 1.87. The van der Waals surface area contributed by atoms with Gasteiger partial charge in [0, 0.05) is 6.54 Å². The van der Waals surface area contributed by atoms with Gasteiger partial charge in [-0.3, -0.25) is 10.1 Å². The Morgan fingerprint density at radius 3 is 2.65 bits per heavy atom. The molecular weight excluding hydrogens is 218 g/mol. The van der Waals surface area contributed by atoms with Crippen molar-refractivity contribution in [3.05, 3.63) is 11.4 Å². The predicted octanol–water partition coefficient (Wildman–Crippen LogP) is 0.282. The lowest BCUT2D eigenvalue weighted by atomic mass is 9.97. The van der Waals surface area contributed by atoms with Crippen LogP contribution in [0.3, 0.4) is 0 Å². The van der Waals surface area contributed by atoms with Gasteiger partial charge >= 0.3 is 0 Å². The van der Waals surface area contributed by atoms with Crippen LogP contribution < -0.4 is 10.6 Å². The topological polar surface area (TPSA) is 79.8 Å². The van der Waals surface area contributed by atoms with Crippen LogP contribution in [0.2, 0.25) is 0 Å². The summed E-state index contributed by atoms with van der Waals surface area (Å²) in [5.74, 6) is 0.583. The normalized spacial score (nSPS) is 23.7. The van der Waals surface area contributed by atoms with Gasteiger partial charge in [0.1, 0.15) is 0 Å². The summed E-state index contributed by atoms with van der Waals surface area (Å²) in [7, 11) is 0. The quantitative estimate of drug-likeness (QED) is 0.769. The average molecular weight is 235 g/mol. The maximum atomic E-state index is 12.0. The largest absolute Gasteiger partial charge is 0.316 e. The molecule has 1 amide bonds. The molecule has 1 fully saturated rings. The minimum Gasteiger partial charge on any atom is -0.316 e. The summed E-state index contributed by atoms with van der Waals surface area (Å²) < 4.78 is 0. The molecule has 2 atom stereocenters. The zero-order valence-corrected chi connectivity index (χ0v) is 10.3. The van der Waals surface area contributed by atoms with Crippen LogP contribution in [0.1, 0.15) is 18.3 Å². The molecule has 2 heterocycles. The zero-order chi connectivity index (χ0) is 12.4. The zero-order valence-electron chi connectivity index (χ0n) is 10.3. The number of amides is 1. The molecule has 6 heteroatoms. The highest BCUT2D eigenvalue weighted by Crippen LogP contribution is 2.17. The molecule has 0 saturated carbocycles. The number of nitrogens with one attached hydrogen (secondary N) is 2. The third kappa shape index (κ3) is 2.58. The van der Waals surface area contributed by atoms with Gasteiger partial charge in [0.15, 0.2) is 0 Å². The Bertz CT molecular complexity index is 434. The minimum atomic E-state index is -0.0347. The van der Waals surface area contributed by atoms with Gasteiger partial charge < -0.3 is 5.32 Å². The lowest BCUT2D eigenvalue weighted by molar-refractivity contribution is -0.120. The maximum absolute atomic E-state index is 12.0. The van der Waals surface area contributed by atoms with E-state index >= 15 is 0 Å². The first-order chi connectivity index (χ1) is 8.08. The molecule has 17 heavy (non-hydrogen) atoms. The van der Waals surface area contributed by atoms with E-state index in [1.54, 1.807) is 0 Å². The van der Waals surface area contributed by atoms with Crippen LogP contribution in [0.5, 0.6) is 0 Å². The lowest BCUT2D eigenvalue weighted by Crippen LogP contribution is -2.28. The molecule has 2 N–H and O–H groups in total. The van der Waals surface area contributed by atoms with E-state index in [9.17, 15) is 4.79 Å². The second-order valence-corrected chi connectivity index (χ2v) is 4.54. The van der Waals surface area contributed by atoms with Crippen molar-refractivity contribution < 1.29 is 4.79 Å². The maximum Gasteiger partial charge on any atom is 0.249 e. The van der Waals surface area contributed by atoms with Gasteiger partial charge in [-0.2, -0.15) is 5.10 Å². The Hall–Kier alpha value is -1.56. The summed E-state index contributed by atoms with van der Waals surface area (Å²) in [5.41, 5.74) is 1.56. The van der Waals surface area contributed by atoms with E-state index in [-0.39, 0.29) is 17.8 Å². The van der Waals surface area contributed by atoms with Gasteiger partial charge in [-0.1, -0.05) is 6.92 Å². The smallest absolute Gasteiger partial charge is 0.249 e. The van der Waals surface area contributed by atoms with E-state index < -0.39 is 0 Å². The Labute approximate surface area is 100 Å². The molecule has 1 aromatic rings. The van der Waals surface area contributed by atoms with Crippen LogP contribution in [-0.4, -0.2) is 34.2 Å². The summed E-state index contributed by atoms with van der Waals surface area (Å²) >= 11 is 0. The molecule has 0 radical (unpaired) electrons. The molecule has 0 aliphatic carbocycles.